The number of hydrogen-bond donors (Lipinski definition) is 1. The average molecular weight is 272 g/mol. The van der Waals surface area contributed by atoms with Crippen molar-refractivity contribution in [3.05, 3.63) is 28.5 Å². The zero-order chi connectivity index (χ0) is 13.2. The zero-order valence-corrected chi connectivity index (χ0v) is 9.57. The predicted molar refractivity (Wildman–Crippen MR) is 55.8 cm³/mol. The van der Waals surface area contributed by atoms with Crippen molar-refractivity contribution in [2.75, 3.05) is 13.7 Å². The number of alkyl halides is 3. The normalized spacial score (nSPS) is 13.6. The van der Waals surface area contributed by atoms with Gasteiger partial charge in [0.1, 0.15) is 11.6 Å². The third kappa shape index (κ3) is 2.81. The second kappa shape index (κ2) is 5.10. The number of ether oxygens (including phenoxy) is 1. The van der Waals surface area contributed by atoms with E-state index >= 15 is 0 Å². The van der Waals surface area contributed by atoms with Crippen molar-refractivity contribution in [1.82, 2.24) is 0 Å². The molecule has 2 nitrogen and oxygen atoms in total. The highest BCUT2D eigenvalue weighted by molar-refractivity contribution is 6.31. The van der Waals surface area contributed by atoms with Gasteiger partial charge in [-0.1, -0.05) is 11.6 Å². The van der Waals surface area contributed by atoms with E-state index in [1.54, 1.807) is 0 Å². The van der Waals surface area contributed by atoms with Crippen molar-refractivity contribution in [2.24, 2.45) is 5.73 Å². The largest absolute Gasteiger partial charge is 0.496 e. The van der Waals surface area contributed by atoms with Crippen molar-refractivity contribution < 1.29 is 22.3 Å². The molecule has 0 saturated carbocycles. The predicted octanol–water partition coefficient (Wildman–Crippen LogP) is 3.09. The summed E-state index contributed by atoms with van der Waals surface area (Å²) in [5, 5.41) is -0.614. The Morgan fingerprint density at radius 1 is 1.41 bits per heavy atom. The van der Waals surface area contributed by atoms with E-state index in [0.717, 1.165) is 12.1 Å². The Balaban J connectivity index is 3.41. The van der Waals surface area contributed by atoms with Crippen LogP contribution in [0.1, 0.15) is 11.5 Å². The molecule has 1 unspecified atom stereocenters. The molecule has 1 rings (SSSR count). The van der Waals surface area contributed by atoms with Gasteiger partial charge < -0.3 is 10.5 Å². The minimum Gasteiger partial charge on any atom is -0.496 e. The molecule has 1 aromatic carbocycles. The van der Waals surface area contributed by atoms with Crippen LogP contribution in [0.15, 0.2) is 12.1 Å². The van der Waals surface area contributed by atoms with Crippen molar-refractivity contribution in [3.8, 4) is 5.75 Å². The van der Waals surface area contributed by atoms with Gasteiger partial charge in [0.2, 0.25) is 0 Å². The molecule has 0 heterocycles. The molecule has 0 saturated heterocycles. The van der Waals surface area contributed by atoms with E-state index in [9.17, 15) is 17.6 Å². The Morgan fingerprint density at radius 3 is 2.41 bits per heavy atom. The number of rotatable bonds is 3. The lowest BCUT2D eigenvalue weighted by Crippen LogP contribution is -2.28. The molecular formula is C10H10ClF4NO. The molecule has 0 spiro atoms. The molecule has 17 heavy (non-hydrogen) atoms. The molecule has 0 aliphatic carbocycles. The first kappa shape index (κ1) is 14.1. The van der Waals surface area contributed by atoms with Gasteiger partial charge in [-0.3, -0.25) is 0 Å². The molecule has 0 aliphatic rings. The molecule has 0 radical (unpaired) electrons. The summed E-state index contributed by atoms with van der Waals surface area (Å²) < 4.78 is 56.1. The molecule has 0 amide bonds. The fraction of sp³-hybridized carbons (Fsp3) is 0.400. The zero-order valence-electron chi connectivity index (χ0n) is 8.81. The molecule has 0 bridgehead atoms. The van der Waals surface area contributed by atoms with Crippen LogP contribution in [-0.2, 0) is 0 Å². The van der Waals surface area contributed by atoms with E-state index in [0.29, 0.717) is 0 Å². The van der Waals surface area contributed by atoms with Gasteiger partial charge in [0.15, 0.2) is 0 Å². The maximum Gasteiger partial charge on any atom is 0.397 e. The summed E-state index contributed by atoms with van der Waals surface area (Å²) in [4.78, 5) is 0. The summed E-state index contributed by atoms with van der Waals surface area (Å²) in [5.74, 6) is -3.13. The second-order valence-electron chi connectivity index (χ2n) is 3.31. The van der Waals surface area contributed by atoms with E-state index in [4.69, 9.17) is 22.1 Å². The van der Waals surface area contributed by atoms with Gasteiger partial charge in [0, 0.05) is 12.1 Å². The topological polar surface area (TPSA) is 35.2 Å². The van der Waals surface area contributed by atoms with Gasteiger partial charge in [-0.05, 0) is 12.1 Å². The van der Waals surface area contributed by atoms with Crippen LogP contribution in [0, 0.1) is 5.82 Å². The van der Waals surface area contributed by atoms with Crippen molar-refractivity contribution in [2.45, 2.75) is 12.1 Å². The van der Waals surface area contributed by atoms with Crippen LogP contribution >= 0.6 is 11.6 Å². The highest BCUT2D eigenvalue weighted by Crippen LogP contribution is 2.42. The number of methoxy groups -OCH3 is 1. The number of hydrogen-bond acceptors (Lipinski definition) is 2. The SMILES string of the molecule is COc1ccc(F)c(Cl)c1C(CN)C(F)(F)F. The first-order chi connectivity index (χ1) is 7.82. The van der Waals surface area contributed by atoms with E-state index in [1.807, 2.05) is 0 Å². The number of nitrogens with two attached hydrogens (primary N) is 1. The molecule has 0 fully saturated rings. The second-order valence-corrected chi connectivity index (χ2v) is 3.69. The van der Waals surface area contributed by atoms with Gasteiger partial charge in [0.25, 0.3) is 0 Å². The lowest BCUT2D eigenvalue weighted by Gasteiger charge is -2.22. The lowest BCUT2D eigenvalue weighted by atomic mass is 9.97. The minimum absolute atomic E-state index is 0.135. The monoisotopic (exact) mass is 271 g/mol. The Hall–Kier alpha value is -1.01. The van der Waals surface area contributed by atoms with Crippen molar-refractivity contribution in [3.63, 3.8) is 0 Å². The van der Waals surface area contributed by atoms with Crippen molar-refractivity contribution in [1.29, 1.82) is 0 Å². The molecule has 2 N–H and O–H groups in total. The van der Waals surface area contributed by atoms with Gasteiger partial charge in [-0.25, -0.2) is 4.39 Å². The van der Waals surface area contributed by atoms with Crippen LogP contribution in [0.3, 0.4) is 0 Å². The Labute approximate surface area is 100 Å². The van der Waals surface area contributed by atoms with E-state index in [2.05, 4.69) is 0 Å². The molecule has 7 heteroatoms. The maximum absolute atomic E-state index is 13.2. The van der Waals surface area contributed by atoms with Gasteiger partial charge >= 0.3 is 6.18 Å². The van der Waals surface area contributed by atoms with Crippen LogP contribution in [0.25, 0.3) is 0 Å². The summed E-state index contributed by atoms with van der Waals surface area (Å²) in [5.41, 5.74) is 4.61. The molecule has 96 valence electrons. The summed E-state index contributed by atoms with van der Waals surface area (Å²) in [6, 6.07) is 2.03. The van der Waals surface area contributed by atoms with Crippen LogP contribution in [0.2, 0.25) is 5.02 Å². The van der Waals surface area contributed by atoms with E-state index in [-0.39, 0.29) is 5.75 Å². The Morgan fingerprint density at radius 2 is 2.00 bits per heavy atom. The first-order valence-electron chi connectivity index (χ1n) is 4.61. The summed E-state index contributed by atoms with van der Waals surface area (Å²) >= 11 is 5.55. The van der Waals surface area contributed by atoms with Crippen LogP contribution in [0.5, 0.6) is 5.75 Å². The lowest BCUT2D eigenvalue weighted by molar-refractivity contribution is -0.148. The standard InChI is InChI=1S/C10H10ClF4NO/c1-17-7-3-2-6(12)9(11)8(7)5(4-16)10(13,14)15/h2-3,5H,4,16H2,1H3. The highest BCUT2D eigenvalue weighted by Gasteiger charge is 2.42. The Kier molecular flexibility index (Phi) is 4.21. The molecule has 1 aromatic rings. The smallest absolute Gasteiger partial charge is 0.397 e. The van der Waals surface area contributed by atoms with Crippen LogP contribution < -0.4 is 10.5 Å². The summed E-state index contributed by atoms with van der Waals surface area (Å²) in [6.07, 6.45) is -4.61. The third-order valence-corrected chi connectivity index (χ3v) is 2.68. The van der Waals surface area contributed by atoms with E-state index in [1.165, 1.54) is 7.11 Å². The quantitative estimate of drug-likeness (QED) is 0.858. The number of halogens is 5. The van der Waals surface area contributed by atoms with Crippen molar-refractivity contribution >= 4 is 11.6 Å². The fourth-order valence-electron chi connectivity index (χ4n) is 1.47. The van der Waals surface area contributed by atoms with Gasteiger partial charge in [-0.15, -0.1) is 0 Å². The molecule has 0 aliphatic heterocycles. The van der Waals surface area contributed by atoms with E-state index < -0.39 is 35.0 Å². The van der Waals surface area contributed by atoms with Gasteiger partial charge in [0.05, 0.1) is 18.1 Å². The minimum atomic E-state index is -4.61. The van der Waals surface area contributed by atoms with Crippen LogP contribution in [-0.4, -0.2) is 19.8 Å². The molecule has 1 atom stereocenters. The van der Waals surface area contributed by atoms with Gasteiger partial charge in [-0.2, -0.15) is 13.2 Å². The Bertz CT molecular complexity index is 408. The summed E-state index contributed by atoms with van der Waals surface area (Å²) in [6.45, 7) is -0.733. The average Bonchev–Trinajstić information content (AvgIpc) is 2.23. The fourth-order valence-corrected chi connectivity index (χ4v) is 1.75. The highest BCUT2D eigenvalue weighted by atomic mass is 35.5. The third-order valence-electron chi connectivity index (χ3n) is 2.29. The maximum atomic E-state index is 13.2. The summed E-state index contributed by atoms with van der Waals surface area (Å²) in [7, 11) is 1.18. The van der Waals surface area contributed by atoms with Crippen LogP contribution in [0.4, 0.5) is 17.6 Å². The molecule has 0 aromatic heterocycles. The molecular weight excluding hydrogens is 262 g/mol. The first-order valence-corrected chi connectivity index (χ1v) is 4.99. The number of benzene rings is 1.